The second kappa shape index (κ2) is 5.06. The first-order valence-electron chi connectivity index (χ1n) is 4.71. The van der Waals surface area contributed by atoms with E-state index in [1.807, 2.05) is 19.1 Å². The predicted octanol–water partition coefficient (Wildman–Crippen LogP) is 1.12. The maximum absolute atomic E-state index is 11.6. The number of terminal acetylenes is 1. The van der Waals surface area contributed by atoms with Crippen LogP contribution in [0.4, 0.5) is 5.69 Å². The molecule has 0 heterocycles. The largest absolute Gasteiger partial charge is 0.399 e. The third-order valence-corrected chi connectivity index (χ3v) is 2.17. The minimum atomic E-state index is -0.234. The van der Waals surface area contributed by atoms with Crippen molar-refractivity contribution in [3.8, 4) is 12.3 Å². The van der Waals surface area contributed by atoms with Crippen LogP contribution in [0.2, 0.25) is 0 Å². The van der Waals surface area contributed by atoms with Crippen LogP contribution < -0.4 is 11.1 Å². The Morgan fingerprint density at radius 2 is 2.40 bits per heavy atom. The zero-order valence-corrected chi connectivity index (χ0v) is 8.66. The van der Waals surface area contributed by atoms with Crippen molar-refractivity contribution in [3.63, 3.8) is 0 Å². The molecule has 1 amide bonds. The van der Waals surface area contributed by atoms with Gasteiger partial charge in [-0.15, -0.1) is 6.42 Å². The monoisotopic (exact) mass is 202 g/mol. The van der Waals surface area contributed by atoms with Gasteiger partial charge < -0.3 is 11.1 Å². The minimum absolute atomic E-state index is 0.0847. The van der Waals surface area contributed by atoms with Gasteiger partial charge in [-0.3, -0.25) is 4.79 Å². The van der Waals surface area contributed by atoms with Crippen molar-refractivity contribution in [2.24, 2.45) is 0 Å². The van der Waals surface area contributed by atoms with Gasteiger partial charge in [-0.1, -0.05) is 18.1 Å². The third kappa shape index (κ3) is 3.03. The van der Waals surface area contributed by atoms with E-state index in [4.69, 9.17) is 12.2 Å². The van der Waals surface area contributed by atoms with E-state index >= 15 is 0 Å². The lowest BCUT2D eigenvalue weighted by Gasteiger charge is -2.11. The van der Waals surface area contributed by atoms with E-state index in [9.17, 15) is 4.79 Å². The number of amides is 1. The van der Waals surface area contributed by atoms with Crippen LogP contribution in [0.15, 0.2) is 24.3 Å². The molecule has 78 valence electrons. The second-order valence-electron chi connectivity index (χ2n) is 3.31. The highest BCUT2D eigenvalue weighted by Gasteiger charge is 2.13. The fraction of sp³-hybridized carbons (Fsp3) is 0.250. The van der Waals surface area contributed by atoms with Gasteiger partial charge in [0.1, 0.15) is 0 Å². The van der Waals surface area contributed by atoms with Crippen LogP contribution in [0, 0.1) is 12.3 Å². The fourth-order valence-corrected chi connectivity index (χ4v) is 1.27. The number of carbonyl (C=O) groups is 1. The van der Waals surface area contributed by atoms with Gasteiger partial charge in [-0.25, -0.2) is 0 Å². The van der Waals surface area contributed by atoms with Gasteiger partial charge >= 0.3 is 0 Å². The molecule has 1 aromatic carbocycles. The van der Waals surface area contributed by atoms with Gasteiger partial charge in [0.2, 0.25) is 5.91 Å². The molecule has 0 aliphatic carbocycles. The number of nitrogens with one attached hydrogen (secondary N) is 1. The first-order valence-corrected chi connectivity index (χ1v) is 4.71. The van der Waals surface area contributed by atoms with Crippen molar-refractivity contribution < 1.29 is 4.79 Å². The minimum Gasteiger partial charge on any atom is -0.399 e. The summed E-state index contributed by atoms with van der Waals surface area (Å²) in [4.78, 5) is 11.6. The molecule has 1 unspecified atom stereocenters. The van der Waals surface area contributed by atoms with Crippen molar-refractivity contribution in [2.75, 3.05) is 12.3 Å². The van der Waals surface area contributed by atoms with E-state index < -0.39 is 0 Å². The summed E-state index contributed by atoms with van der Waals surface area (Å²) in [6.07, 6.45) is 5.06. The van der Waals surface area contributed by atoms with Crippen LogP contribution in [0.5, 0.6) is 0 Å². The van der Waals surface area contributed by atoms with E-state index in [2.05, 4.69) is 11.2 Å². The SMILES string of the molecule is C#CCNC(=O)C(C)c1cccc(N)c1. The maximum Gasteiger partial charge on any atom is 0.228 e. The van der Waals surface area contributed by atoms with E-state index in [0.29, 0.717) is 5.69 Å². The van der Waals surface area contributed by atoms with Crippen LogP contribution in [-0.2, 0) is 4.79 Å². The Morgan fingerprint density at radius 1 is 1.67 bits per heavy atom. The lowest BCUT2D eigenvalue weighted by molar-refractivity contribution is -0.121. The summed E-state index contributed by atoms with van der Waals surface area (Å²) in [5.74, 6) is 2.04. The molecule has 0 spiro atoms. The standard InChI is InChI=1S/C12H14N2O/c1-3-7-14-12(15)9(2)10-5-4-6-11(13)8-10/h1,4-6,8-9H,7,13H2,2H3,(H,14,15). The molecule has 0 aliphatic rings. The first-order chi connectivity index (χ1) is 7.15. The normalized spacial score (nSPS) is 11.5. The summed E-state index contributed by atoms with van der Waals surface area (Å²) in [7, 11) is 0. The van der Waals surface area contributed by atoms with Gasteiger partial charge in [0.15, 0.2) is 0 Å². The second-order valence-corrected chi connectivity index (χ2v) is 3.31. The fourth-order valence-electron chi connectivity index (χ4n) is 1.27. The quantitative estimate of drug-likeness (QED) is 0.570. The molecule has 1 atom stereocenters. The predicted molar refractivity (Wildman–Crippen MR) is 61.1 cm³/mol. The zero-order chi connectivity index (χ0) is 11.3. The summed E-state index contributed by atoms with van der Waals surface area (Å²) < 4.78 is 0. The highest BCUT2D eigenvalue weighted by Crippen LogP contribution is 2.17. The van der Waals surface area contributed by atoms with E-state index in [1.54, 1.807) is 12.1 Å². The number of hydrogen-bond donors (Lipinski definition) is 2. The first kappa shape index (κ1) is 11.1. The zero-order valence-electron chi connectivity index (χ0n) is 8.66. The average Bonchev–Trinajstić information content (AvgIpc) is 2.24. The molecule has 0 aromatic heterocycles. The molecular formula is C12H14N2O. The molecule has 0 saturated carbocycles. The number of rotatable bonds is 3. The summed E-state index contributed by atoms with van der Waals surface area (Å²) >= 11 is 0. The summed E-state index contributed by atoms with van der Waals surface area (Å²) in [5.41, 5.74) is 7.18. The number of nitrogens with two attached hydrogens (primary N) is 1. The van der Waals surface area contributed by atoms with Crippen molar-refractivity contribution in [2.45, 2.75) is 12.8 Å². The van der Waals surface area contributed by atoms with Gasteiger partial charge in [0, 0.05) is 5.69 Å². The molecule has 3 heteroatoms. The van der Waals surface area contributed by atoms with Crippen LogP contribution >= 0.6 is 0 Å². The molecule has 0 bridgehead atoms. The Balaban J connectivity index is 2.72. The maximum atomic E-state index is 11.6. The summed E-state index contributed by atoms with van der Waals surface area (Å²) in [6, 6.07) is 7.28. The number of benzene rings is 1. The molecule has 0 radical (unpaired) electrons. The van der Waals surface area contributed by atoms with Gasteiger partial charge in [-0.05, 0) is 24.6 Å². The Hall–Kier alpha value is -1.95. The lowest BCUT2D eigenvalue weighted by atomic mass is 10.00. The molecule has 3 N–H and O–H groups in total. The number of hydrogen-bond acceptors (Lipinski definition) is 2. The summed E-state index contributed by atoms with van der Waals surface area (Å²) in [5, 5.41) is 2.63. The average molecular weight is 202 g/mol. The Morgan fingerprint density at radius 3 is 3.00 bits per heavy atom. The topological polar surface area (TPSA) is 55.1 Å². The van der Waals surface area contributed by atoms with Gasteiger partial charge in [0.05, 0.1) is 12.5 Å². The lowest BCUT2D eigenvalue weighted by Crippen LogP contribution is -2.28. The molecule has 1 rings (SSSR count). The molecule has 3 nitrogen and oxygen atoms in total. The highest BCUT2D eigenvalue weighted by atomic mass is 16.1. The van der Waals surface area contributed by atoms with Gasteiger partial charge in [0.25, 0.3) is 0 Å². The Bertz CT molecular complexity index is 393. The van der Waals surface area contributed by atoms with E-state index in [1.165, 1.54) is 0 Å². The third-order valence-electron chi connectivity index (χ3n) is 2.17. The molecule has 1 aromatic rings. The van der Waals surface area contributed by atoms with E-state index in [-0.39, 0.29) is 18.4 Å². The van der Waals surface area contributed by atoms with Crippen molar-refractivity contribution in [3.05, 3.63) is 29.8 Å². The van der Waals surface area contributed by atoms with Crippen molar-refractivity contribution in [1.82, 2.24) is 5.32 Å². The number of anilines is 1. The highest BCUT2D eigenvalue weighted by molar-refractivity contribution is 5.83. The smallest absolute Gasteiger partial charge is 0.228 e. The van der Waals surface area contributed by atoms with Crippen molar-refractivity contribution >= 4 is 11.6 Å². The van der Waals surface area contributed by atoms with Crippen molar-refractivity contribution in [1.29, 1.82) is 0 Å². The van der Waals surface area contributed by atoms with Crippen LogP contribution in [0.3, 0.4) is 0 Å². The Kier molecular flexibility index (Phi) is 3.75. The molecule has 0 aliphatic heterocycles. The molecule has 0 fully saturated rings. The van der Waals surface area contributed by atoms with Crippen LogP contribution in [0.25, 0.3) is 0 Å². The van der Waals surface area contributed by atoms with E-state index in [0.717, 1.165) is 5.56 Å². The number of carbonyl (C=O) groups excluding carboxylic acids is 1. The van der Waals surface area contributed by atoms with Gasteiger partial charge in [-0.2, -0.15) is 0 Å². The van der Waals surface area contributed by atoms with Crippen LogP contribution in [-0.4, -0.2) is 12.5 Å². The van der Waals surface area contributed by atoms with Crippen LogP contribution in [0.1, 0.15) is 18.4 Å². The number of nitrogen functional groups attached to an aromatic ring is 1. The molecule has 15 heavy (non-hydrogen) atoms. The molecular weight excluding hydrogens is 188 g/mol. The Labute approximate surface area is 89.7 Å². The molecule has 0 saturated heterocycles. The summed E-state index contributed by atoms with van der Waals surface area (Å²) in [6.45, 7) is 2.08.